The number of hydrogen-bond donors (Lipinski definition) is 1. The van der Waals surface area contributed by atoms with E-state index in [-0.39, 0.29) is 11.9 Å². The number of carboxylic acids is 1. The first-order valence-electron chi connectivity index (χ1n) is 8.87. The largest absolute Gasteiger partial charge is 0.478 e. The van der Waals surface area contributed by atoms with Gasteiger partial charge in [0.1, 0.15) is 5.82 Å². The summed E-state index contributed by atoms with van der Waals surface area (Å²) >= 11 is 0. The minimum absolute atomic E-state index is 0.170. The highest BCUT2D eigenvalue weighted by Gasteiger charge is 2.29. The van der Waals surface area contributed by atoms with Crippen molar-refractivity contribution in [3.05, 3.63) is 71.0 Å². The van der Waals surface area contributed by atoms with Gasteiger partial charge in [-0.25, -0.2) is 9.18 Å². The van der Waals surface area contributed by atoms with Crippen molar-refractivity contribution >= 4 is 5.97 Å². The Morgan fingerprint density at radius 3 is 2.65 bits per heavy atom. The Bertz CT molecular complexity index is 747. The third kappa shape index (κ3) is 4.68. The van der Waals surface area contributed by atoms with Crippen molar-refractivity contribution in [1.82, 2.24) is 4.90 Å². The molecule has 0 amide bonds. The molecule has 1 fully saturated rings. The van der Waals surface area contributed by atoms with Crippen molar-refractivity contribution in [2.75, 3.05) is 20.2 Å². The standard InChI is InChI=1S/C21H24FNO3/c1-26-20-9-10-23(13-15-5-7-17(8-6-15)21(24)25)14-18(20)11-16-3-2-4-19(22)12-16/h2-8,12,18,20H,9-11,13-14H2,1H3,(H,24,25)/t18-,20+/m1/s1. The fourth-order valence-electron chi connectivity index (χ4n) is 3.71. The number of aromatic carboxylic acids is 1. The van der Waals surface area contributed by atoms with Crippen LogP contribution in [0.25, 0.3) is 0 Å². The summed E-state index contributed by atoms with van der Waals surface area (Å²) in [6.45, 7) is 2.57. The minimum atomic E-state index is -0.910. The molecular weight excluding hydrogens is 333 g/mol. The van der Waals surface area contributed by atoms with E-state index in [9.17, 15) is 9.18 Å². The quantitative estimate of drug-likeness (QED) is 0.858. The molecule has 0 spiro atoms. The van der Waals surface area contributed by atoms with Gasteiger partial charge in [0, 0.05) is 32.7 Å². The first-order chi connectivity index (χ1) is 12.5. The molecule has 3 rings (SSSR count). The summed E-state index contributed by atoms with van der Waals surface area (Å²) in [5, 5.41) is 9.00. The van der Waals surface area contributed by atoms with E-state index in [0.29, 0.717) is 11.5 Å². The maximum absolute atomic E-state index is 13.5. The average molecular weight is 357 g/mol. The average Bonchev–Trinajstić information content (AvgIpc) is 2.62. The van der Waals surface area contributed by atoms with Crippen molar-refractivity contribution < 1.29 is 19.0 Å². The van der Waals surface area contributed by atoms with Crippen LogP contribution in [0.5, 0.6) is 0 Å². The Labute approximate surface area is 153 Å². The van der Waals surface area contributed by atoms with Crippen LogP contribution in [0.15, 0.2) is 48.5 Å². The highest BCUT2D eigenvalue weighted by atomic mass is 19.1. The molecule has 26 heavy (non-hydrogen) atoms. The van der Waals surface area contributed by atoms with Gasteiger partial charge in [0.05, 0.1) is 11.7 Å². The summed E-state index contributed by atoms with van der Waals surface area (Å²) in [5.74, 6) is -0.816. The number of carboxylic acid groups (broad SMARTS) is 1. The van der Waals surface area contributed by atoms with E-state index in [4.69, 9.17) is 9.84 Å². The number of likely N-dealkylation sites (tertiary alicyclic amines) is 1. The number of ether oxygens (including phenoxy) is 1. The number of hydrogen-bond acceptors (Lipinski definition) is 3. The van der Waals surface area contributed by atoms with Crippen LogP contribution in [0.4, 0.5) is 4.39 Å². The van der Waals surface area contributed by atoms with Gasteiger partial charge in [-0.2, -0.15) is 0 Å². The Morgan fingerprint density at radius 2 is 2.00 bits per heavy atom. The number of methoxy groups -OCH3 is 1. The molecule has 0 saturated carbocycles. The Balaban J connectivity index is 1.65. The van der Waals surface area contributed by atoms with Crippen LogP contribution >= 0.6 is 0 Å². The SMILES string of the molecule is CO[C@H]1CCN(Cc2ccc(C(=O)O)cc2)C[C@H]1Cc1cccc(F)c1. The third-order valence-electron chi connectivity index (χ3n) is 5.05. The summed E-state index contributed by atoms with van der Waals surface area (Å²) in [6.07, 6.45) is 1.89. The van der Waals surface area contributed by atoms with E-state index in [1.807, 2.05) is 18.2 Å². The molecule has 0 aliphatic carbocycles. The highest BCUT2D eigenvalue weighted by molar-refractivity contribution is 5.87. The Hall–Kier alpha value is -2.24. The lowest BCUT2D eigenvalue weighted by molar-refractivity contribution is -0.00850. The van der Waals surface area contributed by atoms with E-state index in [0.717, 1.165) is 43.6 Å². The van der Waals surface area contributed by atoms with E-state index >= 15 is 0 Å². The molecular formula is C21H24FNO3. The van der Waals surface area contributed by atoms with Crippen molar-refractivity contribution in [3.8, 4) is 0 Å². The third-order valence-corrected chi connectivity index (χ3v) is 5.05. The van der Waals surface area contributed by atoms with E-state index < -0.39 is 5.97 Å². The number of nitrogens with zero attached hydrogens (tertiary/aromatic N) is 1. The van der Waals surface area contributed by atoms with Gasteiger partial charge in [-0.15, -0.1) is 0 Å². The van der Waals surface area contributed by atoms with Gasteiger partial charge < -0.3 is 9.84 Å². The normalized spacial score (nSPS) is 20.8. The molecule has 1 heterocycles. The Kier molecular flexibility index (Phi) is 6.01. The van der Waals surface area contributed by atoms with Crippen molar-refractivity contribution in [3.63, 3.8) is 0 Å². The van der Waals surface area contributed by atoms with Crippen LogP contribution in [0.2, 0.25) is 0 Å². The number of piperidine rings is 1. The molecule has 1 saturated heterocycles. The maximum Gasteiger partial charge on any atom is 0.335 e. The highest BCUT2D eigenvalue weighted by Crippen LogP contribution is 2.25. The topological polar surface area (TPSA) is 49.8 Å². The number of carbonyl (C=O) groups is 1. The first-order valence-corrected chi connectivity index (χ1v) is 8.87. The predicted octanol–water partition coefficient (Wildman–Crippen LogP) is 3.60. The van der Waals surface area contributed by atoms with Gasteiger partial charge in [-0.05, 0) is 48.2 Å². The van der Waals surface area contributed by atoms with Crippen molar-refractivity contribution in [2.45, 2.75) is 25.5 Å². The number of benzene rings is 2. The van der Waals surface area contributed by atoms with Gasteiger partial charge in [0.25, 0.3) is 0 Å². The summed E-state index contributed by atoms with van der Waals surface area (Å²) in [5.41, 5.74) is 2.39. The fraction of sp³-hybridized carbons (Fsp3) is 0.381. The van der Waals surface area contributed by atoms with Gasteiger partial charge in [0.15, 0.2) is 0 Å². The molecule has 2 atom stereocenters. The van der Waals surface area contributed by atoms with Crippen LogP contribution in [0, 0.1) is 11.7 Å². The molecule has 0 bridgehead atoms. The second-order valence-electron chi connectivity index (χ2n) is 6.89. The first kappa shape index (κ1) is 18.5. The zero-order chi connectivity index (χ0) is 18.5. The fourth-order valence-corrected chi connectivity index (χ4v) is 3.71. The van der Waals surface area contributed by atoms with Gasteiger partial charge in [-0.1, -0.05) is 24.3 Å². The smallest absolute Gasteiger partial charge is 0.335 e. The molecule has 138 valence electrons. The van der Waals surface area contributed by atoms with E-state index in [1.54, 1.807) is 31.4 Å². The van der Waals surface area contributed by atoms with Crippen LogP contribution < -0.4 is 0 Å². The predicted molar refractivity (Wildman–Crippen MR) is 97.7 cm³/mol. The lowest BCUT2D eigenvalue weighted by Crippen LogP contribution is -2.44. The molecule has 1 aliphatic heterocycles. The van der Waals surface area contributed by atoms with Gasteiger partial charge in [-0.3, -0.25) is 4.90 Å². The lowest BCUT2D eigenvalue weighted by Gasteiger charge is -2.38. The van der Waals surface area contributed by atoms with Gasteiger partial charge >= 0.3 is 5.97 Å². The second kappa shape index (κ2) is 8.43. The van der Waals surface area contributed by atoms with E-state index in [1.165, 1.54) is 6.07 Å². The molecule has 5 heteroatoms. The molecule has 0 aromatic heterocycles. The molecule has 2 aromatic carbocycles. The summed E-state index contributed by atoms with van der Waals surface area (Å²) in [7, 11) is 1.74. The van der Waals surface area contributed by atoms with E-state index in [2.05, 4.69) is 4.90 Å². The second-order valence-corrected chi connectivity index (χ2v) is 6.89. The van der Waals surface area contributed by atoms with Crippen LogP contribution in [-0.4, -0.2) is 42.3 Å². The summed E-state index contributed by atoms with van der Waals surface area (Å²) in [6, 6.07) is 13.8. The zero-order valence-electron chi connectivity index (χ0n) is 14.9. The zero-order valence-corrected chi connectivity index (χ0v) is 14.9. The number of halogens is 1. The summed E-state index contributed by atoms with van der Waals surface area (Å²) in [4.78, 5) is 13.3. The van der Waals surface area contributed by atoms with Crippen LogP contribution in [-0.2, 0) is 17.7 Å². The summed E-state index contributed by atoms with van der Waals surface area (Å²) < 4.78 is 19.1. The van der Waals surface area contributed by atoms with Gasteiger partial charge in [0.2, 0.25) is 0 Å². The molecule has 0 radical (unpaired) electrons. The molecule has 4 nitrogen and oxygen atoms in total. The van der Waals surface area contributed by atoms with Crippen molar-refractivity contribution in [2.24, 2.45) is 5.92 Å². The number of rotatable bonds is 6. The molecule has 1 N–H and O–H groups in total. The molecule has 1 aliphatic rings. The van der Waals surface area contributed by atoms with Crippen LogP contribution in [0.1, 0.15) is 27.9 Å². The molecule has 0 unspecified atom stereocenters. The lowest BCUT2D eigenvalue weighted by atomic mass is 9.88. The monoisotopic (exact) mass is 357 g/mol. The maximum atomic E-state index is 13.5. The molecule has 2 aromatic rings. The van der Waals surface area contributed by atoms with Crippen molar-refractivity contribution in [1.29, 1.82) is 0 Å². The Morgan fingerprint density at radius 1 is 1.23 bits per heavy atom. The minimum Gasteiger partial charge on any atom is -0.478 e. The van der Waals surface area contributed by atoms with Crippen LogP contribution in [0.3, 0.4) is 0 Å².